The first kappa shape index (κ1) is 13.6. The second-order valence-electron chi connectivity index (χ2n) is 6.80. The molecule has 0 aliphatic heterocycles. The summed E-state index contributed by atoms with van der Waals surface area (Å²) in [6.07, 6.45) is 2.82. The van der Waals surface area contributed by atoms with Gasteiger partial charge in [0.2, 0.25) is 5.91 Å². The van der Waals surface area contributed by atoms with Crippen molar-refractivity contribution in [1.29, 1.82) is 0 Å². The van der Waals surface area contributed by atoms with Crippen molar-refractivity contribution in [3.05, 3.63) is 35.4 Å². The molecule has 0 heterocycles. The molecule has 0 spiro atoms. The van der Waals surface area contributed by atoms with Crippen molar-refractivity contribution in [2.45, 2.75) is 44.6 Å². The van der Waals surface area contributed by atoms with E-state index in [4.69, 9.17) is 5.11 Å². The summed E-state index contributed by atoms with van der Waals surface area (Å²) in [6, 6.07) is 8.53. The third-order valence-corrected chi connectivity index (χ3v) is 4.83. The van der Waals surface area contributed by atoms with Gasteiger partial charge in [0, 0.05) is 18.1 Å². The number of benzene rings is 1. The van der Waals surface area contributed by atoms with Crippen LogP contribution in [0.25, 0.3) is 0 Å². The molecule has 3 unspecified atom stereocenters. The summed E-state index contributed by atoms with van der Waals surface area (Å²) in [5.41, 5.74) is 2.47. The first-order chi connectivity index (χ1) is 9.53. The molecular weight excluding hydrogens is 250 g/mol. The van der Waals surface area contributed by atoms with Crippen molar-refractivity contribution in [3.8, 4) is 0 Å². The van der Waals surface area contributed by atoms with E-state index in [1.165, 1.54) is 11.1 Å². The zero-order valence-corrected chi connectivity index (χ0v) is 12.2. The minimum atomic E-state index is -0.322. The molecule has 1 saturated carbocycles. The summed E-state index contributed by atoms with van der Waals surface area (Å²) in [4.78, 5) is 12.5. The zero-order valence-electron chi connectivity index (χ0n) is 12.2. The maximum absolute atomic E-state index is 12.5. The normalized spacial score (nSPS) is 27.4. The second-order valence-corrected chi connectivity index (χ2v) is 6.80. The second kappa shape index (κ2) is 4.88. The lowest BCUT2D eigenvalue weighted by Crippen LogP contribution is -2.45. The fourth-order valence-electron chi connectivity index (χ4n) is 3.68. The number of amides is 1. The highest BCUT2D eigenvalue weighted by Crippen LogP contribution is 2.59. The van der Waals surface area contributed by atoms with Crippen molar-refractivity contribution in [2.75, 3.05) is 6.61 Å². The first-order valence-corrected chi connectivity index (χ1v) is 7.54. The maximum Gasteiger partial charge on any atom is 0.224 e. The fraction of sp³-hybridized carbons (Fsp3) is 0.588. The van der Waals surface area contributed by atoms with Gasteiger partial charge in [-0.05, 0) is 56.1 Å². The summed E-state index contributed by atoms with van der Waals surface area (Å²) >= 11 is 0. The maximum atomic E-state index is 12.5. The highest BCUT2D eigenvalue weighted by atomic mass is 16.3. The molecule has 3 nitrogen and oxygen atoms in total. The van der Waals surface area contributed by atoms with E-state index < -0.39 is 0 Å². The molecule has 1 aromatic carbocycles. The number of fused-ring (bicyclic) bond motifs is 3. The smallest absolute Gasteiger partial charge is 0.224 e. The number of aryl methyl sites for hydroxylation is 1. The van der Waals surface area contributed by atoms with Gasteiger partial charge in [-0.15, -0.1) is 0 Å². The Balaban J connectivity index is 1.71. The number of aliphatic hydroxyl groups excluding tert-OH is 1. The van der Waals surface area contributed by atoms with Crippen LogP contribution in [0.15, 0.2) is 24.3 Å². The lowest BCUT2D eigenvalue weighted by atomic mass is 9.92. The average molecular weight is 273 g/mol. The van der Waals surface area contributed by atoms with Gasteiger partial charge in [0.05, 0.1) is 0 Å². The van der Waals surface area contributed by atoms with E-state index in [2.05, 4.69) is 29.6 Å². The average Bonchev–Trinajstić information content (AvgIpc) is 3.12. The largest absolute Gasteiger partial charge is 0.396 e. The number of carbonyl (C=O) groups is 1. The molecule has 108 valence electrons. The van der Waals surface area contributed by atoms with Gasteiger partial charge in [-0.2, -0.15) is 0 Å². The Labute approximate surface area is 120 Å². The van der Waals surface area contributed by atoms with Crippen LogP contribution in [0.5, 0.6) is 0 Å². The van der Waals surface area contributed by atoms with Gasteiger partial charge in [0.1, 0.15) is 0 Å². The molecule has 2 aliphatic rings. The predicted octanol–water partition coefficient (Wildman–Crippen LogP) is 2.24. The quantitative estimate of drug-likeness (QED) is 0.884. The molecule has 1 aromatic rings. The molecule has 2 N–H and O–H groups in total. The number of rotatable bonds is 4. The highest BCUT2D eigenvalue weighted by molar-refractivity contribution is 5.84. The van der Waals surface area contributed by atoms with E-state index >= 15 is 0 Å². The topological polar surface area (TPSA) is 49.3 Å². The summed E-state index contributed by atoms with van der Waals surface area (Å²) in [5, 5.41) is 12.2. The van der Waals surface area contributed by atoms with E-state index in [0.29, 0.717) is 18.3 Å². The van der Waals surface area contributed by atoms with Crippen molar-refractivity contribution in [3.63, 3.8) is 0 Å². The molecule has 0 saturated heterocycles. The van der Waals surface area contributed by atoms with E-state index in [1.807, 2.05) is 13.8 Å². The van der Waals surface area contributed by atoms with Gasteiger partial charge in [-0.3, -0.25) is 4.79 Å². The molecule has 20 heavy (non-hydrogen) atoms. The molecule has 1 amide bonds. The lowest BCUT2D eigenvalue weighted by molar-refractivity contribution is -0.124. The van der Waals surface area contributed by atoms with Crippen molar-refractivity contribution >= 4 is 5.91 Å². The monoisotopic (exact) mass is 273 g/mol. The highest BCUT2D eigenvalue weighted by Gasteiger charge is 2.57. The van der Waals surface area contributed by atoms with Crippen LogP contribution in [0.4, 0.5) is 0 Å². The van der Waals surface area contributed by atoms with Gasteiger partial charge in [-0.1, -0.05) is 24.3 Å². The Kier molecular flexibility index (Phi) is 3.33. The number of hydrogen-bond acceptors (Lipinski definition) is 2. The summed E-state index contributed by atoms with van der Waals surface area (Å²) in [6.45, 7) is 4.05. The van der Waals surface area contributed by atoms with Gasteiger partial charge in [0.25, 0.3) is 0 Å². The SMILES string of the molecule is CC(C)(CCO)NC(=O)C1C2CCc3ccccc3C21. The molecule has 0 bridgehead atoms. The van der Waals surface area contributed by atoms with Crippen molar-refractivity contribution in [1.82, 2.24) is 5.32 Å². The molecular formula is C17H23NO2. The van der Waals surface area contributed by atoms with Crippen molar-refractivity contribution in [2.24, 2.45) is 11.8 Å². The van der Waals surface area contributed by atoms with Crippen LogP contribution in [-0.2, 0) is 11.2 Å². The number of carbonyl (C=O) groups excluding carboxylic acids is 1. The zero-order chi connectivity index (χ0) is 14.3. The van der Waals surface area contributed by atoms with Gasteiger partial charge in [0.15, 0.2) is 0 Å². The van der Waals surface area contributed by atoms with E-state index in [0.717, 1.165) is 12.8 Å². The van der Waals surface area contributed by atoms with E-state index in [1.54, 1.807) is 0 Å². The summed E-state index contributed by atoms with van der Waals surface area (Å²) < 4.78 is 0. The fourth-order valence-corrected chi connectivity index (χ4v) is 3.68. The van der Waals surface area contributed by atoms with Crippen LogP contribution in [0.3, 0.4) is 0 Å². The Hall–Kier alpha value is -1.35. The standard InChI is InChI=1S/C17H23NO2/c1-17(2,9-10-19)18-16(20)15-13-8-7-11-5-3-4-6-12(11)14(13)15/h3-6,13-15,19H,7-10H2,1-2H3,(H,18,20). The van der Waals surface area contributed by atoms with Gasteiger partial charge in [-0.25, -0.2) is 0 Å². The predicted molar refractivity (Wildman–Crippen MR) is 78.4 cm³/mol. The molecule has 1 fully saturated rings. The van der Waals surface area contributed by atoms with Crippen LogP contribution < -0.4 is 5.32 Å². The summed E-state index contributed by atoms with van der Waals surface area (Å²) in [7, 11) is 0. The lowest BCUT2D eigenvalue weighted by Gasteiger charge is -2.25. The van der Waals surface area contributed by atoms with Gasteiger partial charge < -0.3 is 10.4 Å². The molecule has 0 radical (unpaired) electrons. The minimum absolute atomic E-state index is 0.105. The van der Waals surface area contributed by atoms with Crippen LogP contribution in [0.1, 0.15) is 43.7 Å². The van der Waals surface area contributed by atoms with Crippen LogP contribution in [0, 0.1) is 11.8 Å². The number of nitrogens with one attached hydrogen (secondary N) is 1. The summed E-state index contributed by atoms with van der Waals surface area (Å²) in [5.74, 6) is 1.24. The van der Waals surface area contributed by atoms with Crippen LogP contribution >= 0.6 is 0 Å². The van der Waals surface area contributed by atoms with Crippen molar-refractivity contribution < 1.29 is 9.90 Å². The van der Waals surface area contributed by atoms with Gasteiger partial charge >= 0.3 is 0 Å². The Morgan fingerprint density at radius 1 is 1.40 bits per heavy atom. The first-order valence-electron chi connectivity index (χ1n) is 7.54. The minimum Gasteiger partial charge on any atom is -0.396 e. The van der Waals surface area contributed by atoms with Crippen LogP contribution in [0.2, 0.25) is 0 Å². The molecule has 3 atom stereocenters. The molecule has 3 rings (SSSR count). The molecule has 0 aromatic heterocycles. The number of aliphatic hydroxyl groups is 1. The Bertz CT molecular complexity index is 523. The number of hydrogen-bond donors (Lipinski definition) is 2. The van der Waals surface area contributed by atoms with E-state index in [9.17, 15) is 4.79 Å². The third-order valence-electron chi connectivity index (χ3n) is 4.83. The molecule has 2 aliphatic carbocycles. The Morgan fingerprint density at radius 2 is 2.15 bits per heavy atom. The third kappa shape index (κ3) is 2.35. The molecule has 3 heteroatoms. The van der Waals surface area contributed by atoms with Crippen LogP contribution in [-0.4, -0.2) is 23.2 Å². The van der Waals surface area contributed by atoms with E-state index in [-0.39, 0.29) is 24.0 Å². The Morgan fingerprint density at radius 3 is 2.90 bits per heavy atom.